The fourth-order valence-electron chi connectivity index (χ4n) is 3.49. The van der Waals surface area contributed by atoms with Gasteiger partial charge in [0.1, 0.15) is 39.2 Å². The van der Waals surface area contributed by atoms with Gasteiger partial charge >= 0.3 is 0 Å². The molecule has 0 aliphatic carbocycles. The molecule has 0 radical (unpaired) electrons. The Hall–Kier alpha value is -3.19. The van der Waals surface area contributed by atoms with Crippen molar-refractivity contribution < 1.29 is 28.8 Å². The molecule has 0 unspecified atom stereocenters. The van der Waals surface area contributed by atoms with Crippen LogP contribution in [0.5, 0.6) is 17.2 Å². The molecule has 0 bridgehead atoms. The van der Waals surface area contributed by atoms with Gasteiger partial charge in [-0.2, -0.15) is 0 Å². The predicted octanol–water partition coefficient (Wildman–Crippen LogP) is 2.11. The maximum absolute atomic E-state index is 13.0. The van der Waals surface area contributed by atoms with Crippen LogP contribution < -0.4 is 14.9 Å². The predicted molar refractivity (Wildman–Crippen MR) is 86.7 cm³/mol. The minimum absolute atomic E-state index is 0.0499. The SMILES string of the molecule is COc1c2c(cc3oc4cccc(O)c4c(=O)c13)O[C@H]1OC=C[C@@]21O. The van der Waals surface area contributed by atoms with Crippen molar-refractivity contribution in [3.8, 4) is 17.2 Å². The minimum atomic E-state index is -1.56. The van der Waals surface area contributed by atoms with Crippen molar-refractivity contribution in [2.45, 2.75) is 11.9 Å². The summed E-state index contributed by atoms with van der Waals surface area (Å²) in [5, 5.41) is 21.1. The third kappa shape index (κ3) is 1.60. The quantitative estimate of drug-likeness (QED) is 0.655. The summed E-state index contributed by atoms with van der Waals surface area (Å²) < 4.78 is 22.1. The van der Waals surface area contributed by atoms with Gasteiger partial charge in [0.15, 0.2) is 5.60 Å². The molecular weight excluding hydrogens is 328 g/mol. The zero-order valence-electron chi connectivity index (χ0n) is 13.0. The van der Waals surface area contributed by atoms with Crippen molar-refractivity contribution in [1.29, 1.82) is 0 Å². The molecule has 2 atom stereocenters. The van der Waals surface area contributed by atoms with Gasteiger partial charge in [-0.15, -0.1) is 0 Å². The molecule has 7 heteroatoms. The van der Waals surface area contributed by atoms with Gasteiger partial charge in [0.25, 0.3) is 6.29 Å². The third-order valence-electron chi connectivity index (χ3n) is 4.61. The second-order valence-corrected chi connectivity index (χ2v) is 5.95. The molecule has 7 nitrogen and oxygen atoms in total. The van der Waals surface area contributed by atoms with E-state index in [1.54, 1.807) is 12.1 Å². The van der Waals surface area contributed by atoms with Crippen molar-refractivity contribution in [3.05, 3.63) is 52.4 Å². The highest BCUT2D eigenvalue weighted by Gasteiger charge is 2.53. The summed E-state index contributed by atoms with van der Waals surface area (Å²) >= 11 is 0. The number of phenolic OH excluding ortho intramolecular Hbond substituents is 1. The Morgan fingerprint density at radius 2 is 2.08 bits per heavy atom. The monoisotopic (exact) mass is 340 g/mol. The molecule has 126 valence electrons. The van der Waals surface area contributed by atoms with Crippen LogP contribution in [-0.4, -0.2) is 23.6 Å². The summed E-state index contributed by atoms with van der Waals surface area (Å²) in [4.78, 5) is 13.0. The summed E-state index contributed by atoms with van der Waals surface area (Å²) in [6.45, 7) is 0. The van der Waals surface area contributed by atoms with E-state index in [0.717, 1.165) is 0 Å². The lowest BCUT2D eigenvalue weighted by Gasteiger charge is -2.19. The minimum Gasteiger partial charge on any atom is -0.507 e. The number of aromatic hydroxyl groups is 1. The van der Waals surface area contributed by atoms with E-state index >= 15 is 0 Å². The van der Waals surface area contributed by atoms with Crippen molar-refractivity contribution in [1.82, 2.24) is 0 Å². The first-order valence-electron chi connectivity index (χ1n) is 7.57. The highest BCUT2D eigenvalue weighted by atomic mass is 16.7. The van der Waals surface area contributed by atoms with E-state index in [1.807, 2.05) is 0 Å². The summed E-state index contributed by atoms with van der Waals surface area (Å²) in [5.41, 5.74) is -1.25. The third-order valence-corrected chi connectivity index (χ3v) is 4.61. The fourth-order valence-corrected chi connectivity index (χ4v) is 3.49. The Kier molecular flexibility index (Phi) is 2.53. The molecule has 3 aromatic rings. The number of fused-ring (bicyclic) bond motifs is 5. The number of ether oxygens (including phenoxy) is 3. The van der Waals surface area contributed by atoms with Gasteiger partial charge in [-0.3, -0.25) is 4.79 Å². The first kappa shape index (κ1) is 14.2. The second-order valence-electron chi connectivity index (χ2n) is 5.95. The van der Waals surface area contributed by atoms with E-state index < -0.39 is 17.3 Å². The zero-order chi connectivity index (χ0) is 17.3. The van der Waals surface area contributed by atoms with Gasteiger partial charge in [0.2, 0.25) is 5.43 Å². The Morgan fingerprint density at radius 3 is 2.88 bits per heavy atom. The number of hydrogen-bond donors (Lipinski definition) is 2. The number of benzene rings is 2. The molecule has 5 rings (SSSR count). The smallest absolute Gasteiger partial charge is 0.277 e. The lowest BCUT2D eigenvalue weighted by atomic mass is 9.92. The maximum atomic E-state index is 13.0. The standard InChI is InChI=1S/C18H12O7/c1-22-16-13-10(24-9-4-2-3-8(19)12(9)15(13)20)7-11-14(16)18(21)5-6-23-17(18)25-11/h2-7,17,19,21H,1H3/t17-,18-/m1/s1. The van der Waals surface area contributed by atoms with Crippen molar-refractivity contribution in [2.75, 3.05) is 7.11 Å². The zero-order valence-corrected chi connectivity index (χ0v) is 13.0. The molecule has 3 heterocycles. The Balaban J connectivity index is 1.99. The number of rotatable bonds is 1. The Labute approximate surface area is 140 Å². The second kappa shape index (κ2) is 4.46. The van der Waals surface area contributed by atoms with E-state index in [-0.39, 0.29) is 33.4 Å². The molecule has 2 N–H and O–H groups in total. The van der Waals surface area contributed by atoms with Crippen LogP contribution in [0.25, 0.3) is 21.9 Å². The Bertz CT molecular complexity index is 1140. The van der Waals surface area contributed by atoms with Crippen LogP contribution in [0, 0.1) is 0 Å². The van der Waals surface area contributed by atoms with Crippen LogP contribution in [0.4, 0.5) is 0 Å². The molecule has 0 saturated heterocycles. The molecular formula is C18H12O7. The summed E-state index contributed by atoms with van der Waals surface area (Å²) in [6.07, 6.45) is 1.83. The number of phenols is 1. The van der Waals surface area contributed by atoms with Crippen molar-refractivity contribution >= 4 is 21.9 Å². The van der Waals surface area contributed by atoms with Gasteiger partial charge in [-0.05, 0) is 18.2 Å². The van der Waals surface area contributed by atoms with Crippen LogP contribution in [0.3, 0.4) is 0 Å². The lowest BCUT2D eigenvalue weighted by Crippen LogP contribution is -2.33. The highest BCUT2D eigenvalue weighted by molar-refractivity contribution is 5.97. The van der Waals surface area contributed by atoms with E-state index in [0.29, 0.717) is 11.3 Å². The van der Waals surface area contributed by atoms with Gasteiger partial charge in [-0.25, -0.2) is 0 Å². The van der Waals surface area contributed by atoms with E-state index in [1.165, 1.54) is 31.6 Å². The molecule has 2 aliphatic heterocycles. The average molecular weight is 340 g/mol. The number of methoxy groups -OCH3 is 1. The van der Waals surface area contributed by atoms with E-state index in [2.05, 4.69) is 0 Å². The molecule has 0 amide bonds. The highest BCUT2D eigenvalue weighted by Crippen LogP contribution is 2.52. The molecule has 2 aromatic carbocycles. The molecule has 0 fully saturated rings. The van der Waals surface area contributed by atoms with Crippen LogP contribution in [0.1, 0.15) is 5.56 Å². The number of aliphatic hydroxyl groups is 1. The maximum Gasteiger partial charge on any atom is 0.277 e. The normalized spacial score (nSPS) is 23.4. The summed E-state index contributed by atoms with van der Waals surface area (Å²) in [5.74, 6) is 0.253. The van der Waals surface area contributed by atoms with Crippen molar-refractivity contribution in [3.63, 3.8) is 0 Å². The molecule has 1 aromatic heterocycles. The van der Waals surface area contributed by atoms with Gasteiger partial charge in [0.05, 0.1) is 18.9 Å². The molecule has 2 aliphatic rings. The Morgan fingerprint density at radius 1 is 1.24 bits per heavy atom. The number of hydrogen-bond acceptors (Lipinski definition) is 7. The van der Waals surface area contributed by atoms with Crippen LogP contribution in [-0.2, 0) is 10.3 Å². The first-order valence-corrected chi connectivity index (χ1v) is 7.57. The van der Waals surface area contributed by atoms with Crippen molar-refractivity contribution in [2.24, 2.45) is 0 Å². The van der Waals surface area contributed by atoms with E-state index in [9.17, 15) is 15.0 Å². The van der Waals surface area contributed by atoms with Crippen LogP contribution in [0.2, 0.25) is 0 Å². The molecule has 25 heavy (non-hydrogen) atoms. The molecule has 0 saturated carbocycles. The molecule has 0 spiro atoms. The van der Waals surface area contributed by atoms with Crippen LogP contribution >= 0.6 is 0 Å². The summed E-state index contributed by atoms with van der Waals surface area (Å²) in [7, 11) is 1.39. The van der Waals surface area contributed by atoms with Crippen LogP contribution in [0.15, 0.2) is 45.8 Å². The first-order chi connectivity index (χ1) is 12.0. The van der Waals surface area contributed by atoms with E-state index in [4.69, 9.17) is 18.6 Å². The average Bonchev–Trinajstić information content (AvgIpc) is 3.06. The van der Waals surface area contributed by atoms with Gasteiger partial charge in [0, 0.05) is 6.07 Å². The van der Waals surface area contributed by atoms with Gasteiger partial charge < -0.3 is 28.8 Å². The topological polar surface area (TPSA) is 98.4 Å². The lowest BCUT2D eigenvalue weighted by molar-refractivity contribution is -0.110. The summed E-state index contributed by atoms with van der Waals surface area (Å²) in [6, 6.07) is 6.10. The largest absolute Gasteiger partial charge is 0.507 e. The van der Waals surface area contributed by atoms with Gasteiger partial charge in [-0.1, -0.05) is 6.07 Å². The fraction of sp³-hybridized carbons (Fsp3) is 0.167.